The number of carbonyl (C=O) groups is 1. The third-order valence-electron chi connectivity index (χ3n) is 2.97. The summed E-state index contributed by atoms with van der Waals surface area (Å²) in [6, 6.07) is 16.0. The van der Waals surface area contributed by atoms with E-state index in [1.165, 1.54) is 5.56 Å². The Hall–Kier alpha value is -1.65. The first-order chi connectivity index (χ1) is 10.7. The van der Waals surface area contributed by atoms with Gasteiger partial charge in [-0.25, -0.2) is 0 Å². The SMILES string of the molecule is C=CCSc1ccccc1NC(=O)CSc1ccccc1C. The molecule has 0 aliphatic heterocycles. The van der Waals surface area contributed by atoms with E-state index in [0.29, 0.717) is 5.75 Å². The summed E-state index contributed by atoms with van der Waals surface area (Å²) in [4.78, 5) is 14.4. The molecule has 0 aliphatic carbocycles. The average Bonchev–Trinajstić information content (AvgIpc) is 2.53. The van der Waals surface area contributed by atoms with Crippen molar-refractivity contribution in [3.8, 4) is 0 Å². The molecule has 22 heavy (non-hydrogen) atoms. The van der Waals surface area contributed by atoms with Crippen LogP contribution in [0.3, 0.4) is 0 Å². The number of para-hydroxylation sites is 1. The second-order valence-electron chi connectivity index (χ2n) is 4.70. The standard InChI is InChI=1S/C18H19NOS2/c1-3-12-21-17-11-7-5-9-15(17)19-18(20)13-22-16-10-6-4-8-14(16)2/h3-11H,1,12-13H2,2H3,(H,19,20). The second-order valence-corrected chi connectivity index (χ2v) is 6.78. The molecular weight excluding hydrogens is 310 g/mol. The van der Waals surface area contributed by atoms with Gasteiger partial charge in [-0.15, -0.1) is 30.1 Å². The summed E-state index contributed by atoms with van der Waals surface area (Å²) >= 11 is 3.23. The van der Waals surface area contributed by atoms with Gasteiger partial charge >= 0.3 is 0 Å². The summed E-state index contributed by atoms with van der Waals surface area (Å²) in [6.45, 7) is 5.78. The monoisotopic (exact) mass is 329 g/mol. The van der Waals surface area contributed by atoms with Crippen molar-refractivity contribution in [3.63, 3.8) is 0 Å². The first kappa shape index (κ1) is 16.7. The Labute approximate surface area is 140 Å². The maximum atomic E-state index is 12.2. The molecule has 114 valence electrons. The number of amides is 1. The molecule has 0 atom stereocenters. The number of nitrogens with one attached hydrogen (secondary N) is 1. The normalized spacial score (nSPS) is 10.2. The quantitative estimate of drug-likeness (QED) is 0.572. The molecule has 4 heteroatoms. The Morgan fingerprint density at radius 2 is 1.77 bits per heavy atom. The maximum absolute atomic E-state index is 12.2. The van der Waals surface area contributed by atoms with Crippen LogP contribution in [0.25, 0.3) is 0 Å². The molecule has 1 N–H and O–H groups in total. The van der Waals surface area contributed by atoms with Crippen molar-refractivity contribution in [2.24, 2.45) is 0 Å². The average molecular weight is 329 g/mol. The van der Waals surface area contributed by atoms with Gasteiger partial charge in [0, 0.05) is 15.5 Å². The van der Waals surface area contributed by atoms with Crippen molar-refractivity contribution in [1.29, 1.82) is 0 Å². The van der Waals surface area contributed by atoms with E-state index >= 15 is 0 Å². The molecule has 0 bridgehead atoms. The van der Waals surface area contributed by atoms with Crippen molar-refractivity contribution in [2.75, 3.05) is 16.8 Å². The fraction of sp³-hybridized carbons (Fsp3) is 0.167. The Morgan fingerprint density at radius 3 is 2.50 bits per heavy atom. The zero-order chi connectivity index (χ0) is 15.8. The number of thioether (sulfide) groups is 2. The van der Waals surface area contributed by atoms with Crippen LogP contribution in [0.1, 0.15) is 5.56 Å². The molecular formula is C18H19NOS2. The molecule has 0 aliphatic rings. The molecule has 2 nitrogen and oxygen atoms in total. The smallest absolute Gasteiger partial charge is 0.234 e. The van der Waals surface area contributed by atoms with Gasteiger partial charge in [-0.1, -0.05) is 36.4 Å². The molecule has 0 spiro atoms. The topological polar surface area (TPSA) is 29.1 Å². The van der Waals surface area contributed by atoms with E-state index in [9.17, 15) is 4.79 Å². The zero-order valence-corrected chi connectivity index (χ0v) is 14.2. The summed E-state index contributed by atoms with van der Waals surface area (Å²) in [6.07, 6.45) is 1.86. The predicted octanol–water partition coefficient (Wildman–Crippen LogP) is 5.00. The predicted molar refractivity (Wildman–Crippen MR) is 97.9 cm³/mol. The molecule has 0 unspecified atom stereocenters. The van der Waals surface area contributed by atoms with Gasteiger partial charge in [0.2, 0.25) is 5.91 Å². The lowest BCUT2D eigenvalue weighted by atomic mass is 10.2. The fourth-order valence-corrected chi connectivity index (χ4v) is 3.47. The lowest BCUT2D eigenvalue weighted by molar-refractivity contribution is -0.113. The number of aryl methyl sites for hydroxylation is 1. The number of hydrogen-bond acceptors (Lipinski definition) is 3. The first-order valence-corrected chi connectivity index (χ1v) is 8.99. The van der Waals surface area contributed by atoms with E-state index in [2.05, 4.69) is 24.9 Å². The molecule has 2 aromatic carbocycles. The summed E-state index contributed by atoms with van der Waals surface area (Å²) in [5.41, 5.74) is 2.06. The van der Waals surface area contributed by atoms with Crippen LogP contribution >= 0.6 is 23.5 Å². The molecule has 0 saturated carbocycles. The van der Waals surface area contributed by atoms with Gasteiger partial charge in [0.15, 0.2) is 0 Å². The minimum atomic E-state index is 0.0138. The number of anilines is 1. The molecule has 0 fully saturated rings. The number of hydrogen-bond donors (Lipinski definition) is 1. The lowest BCUT2D eigenvalue weighted by Gasteiger charge is -2.10. The number of benzene rings is 2. The highest BCUT2D eigenvalue weighted by Gasteiger charge is 2.08. The van der Waals surface area contributed by atoms with Crippen molar-refractivity contribution in [3.05, 3.63) is 66.7 Å². The van der Waals surface area contributed by atoms with Crippen molar-refractivity contribution in [2.45, 2.75) is 16.7 Å². The Bertz CT molecular complexity index is 655. The summed E-state index contributed by atoms with van der Waals surface area (Å²) in [5, 5.41) is 2.99. The molecule has 0 heterocycles. The lowest BCUT2D eigenvalue weighted by Crippen LogP contribution is -2.14. The van der Waals surface area contributed by atoms with Crippen molar-refractivity contribution >= 4 is 35.1 Å². The van der Waals surface area contributed by atoms with Crippen LogP contribution in [-0.4, -0.2) is 17.4 Å². The van der Waals surface area contributed by atoms with Gasteiger partial charge in [-0.3, -0.25) is 4.79 Å². The second kappa shape index (κ2) is 8.71. The van der Waals surface area contributed by atoms with Gasteiger partial charge < -0.3 is 5.32 Å². The first-order valence-electron chi connectivity index (χ1n) is 7.01. The van der Waals surface area contributed by atoms with Crippen LogP contribution in [0.2, 0.25) is 0 Å². The van der Waals surface area contributed by atoms with Crippen LogP contribution in [-0.2, 0) is 4.79 Å². The Kier molecular flexibility index (Phi) is 6.62. The van der Waals surface area contributed by atoms with Gasteiger partial charge in [-0.05, 0) is 30.7 Å². The van der Waals surface area contributed by atoms with Crippen LogP contribution < -0.4 is 5.32 Å². The third kappa shape index (κ3) is 4.97. The maximum Gasteiger partial charge on any atom is 0.234 e. The number of carbonyl (C=O) groups excluding carboxylic acids is 1. The van der Waals surface area contributed by atoms with E-state index in [1.807, 2.05) is 48.5 Å². The molecule has 0 radical (unpaired) electrons. The van der Waals surface area contributed by atoms with E-state index in [0.717, 1.165) is 21.2 Å². The van der Waals surface area contributed by atoms with Crippen LogP contribution in [0.15, 0.2) is 71.0 Å². The minimum absolute atomic E-state index is 0.0138. The summed E-state index contributed by atoms with van der Waals surface area (Å²) in [7, 11) is 0. The highest BCUT2D eigenvalue weighted by molar-refractivity contribution is 8.00. The van der Waals surface area contributed by atoms with Crippen molar-refractivity contribution < 1.29 is 4.79 Å². The summed E-state index contributed by atoms with van der Waals surface area (Å²) in [5.74, 6) is 1.25. The van der Waals surface area contributed by atoms with Gasteiger partial charge in [0.25, 0.3) is 0 Å². The van der Waals surface area contributed by atoms with Crippen LogP contribution in [0.5, 0.6) is 0 Å². The highest BCUT2D eigenvalue weighted by atomic mass is 32.2. The molecule has 2 rings (SSSR count). The van der Waals surface area contributed by atoms with E-state index in [4.69, 9.17) is 0 Å². The van der Waals surface area contributed by atoms with Crippen LogP contribution in [0, 0.1) is 6.92 Å². The van der Waals surface area contributed by atoms with E-state index in [1.54, 1.807) is 23.5 Å². The molecule has 1 amide bonds. The van der Waals surface area contributed by atoms with Gasteiger partial charge in [-0.2, -0.15) is 0 Å². The molecule has 0 aromatic heterocycles. The van der Waals surface area contributed by atoms with Crippen LogP contribution in [0.4, 0.5) is 5.69 Å². The summed E-state index contributed by atoms with van der Waals surface area (Å²) < 4.78 is 0. The molecule has 0 saturated heterocycles. The van der Waals surface area contributed by atoms with Crippen molar-refractivity contribution in [1.82, 2.24) is 0 Å². The Morgan fingerprint density at radius 1 is 1.09 bits per heavy atom. The fourth-order valence-electron chi connectivity index (χ4n) is 1.89. The van der Waals surface area contributed by atoms with Gasteiger partial charge in [0.1, 0.15) is 0 Å². The van der Waals surface area contributed by atoms with E-state index < -0.39 is 0 Å². The van der Waals surface area contributed by atoms with E-state index in [-0.39, 0.29) is 5.91 Å². The van der Waals surface area contributed by atoms with Gasteiger partial charge in [0.05, 0.1) is 11.4 Å². The minimum Gasteiger partial charge on any atom is -0.324 e. The molecule has 2 aromatic rings. The largest absolute Gasteiger partial charge is 0.324 e. The zero-order valence-electron chi connectivity index (χ0n) is 12.5. The Balaban J connectivity index is 1.95. The highest BCUT2D eigenvalue weighted by Crippen LogP contribution is 2.27. The third-order valence-corrected chi connectivity index (χ3v) is 5.22. The number of rotatable bonds is 7.